The van der Waals surface area contributed by atoms with Crippen LogP contribution in [0.2, 0.25) is 0 Å². The number of aryl methyl sites for hydroxylation is 1. The van der Waals surface area contributed by atoms with Crippen molar-refractivity contribution in [3.63, 3.8) is 0 Å². The average Bonchev–Trinajstić information content (AvgIpc) is 3.30. The van der Waals surface area contributed by atoms with Crippen molar-refractivity contribution in [1.82, 2.24) is 10.2 Å². The first kappa shape index (κ1) is 34.9. The topological polar surface area (TPSA) is 103 Å². The summed E-state index contributed by atoms with van der Waals surface area (Å²) in [4.78, 5) is 27.7. The molecule has 2 aromatic carbocycles. The van der Waals surface area contributed by atoms with Gasteiger partial charge in [0, 0.05) is 19.6 Å². The molecule has 9 nitrogen and oxygen atoms in total. The Labute approximate surface area is 262 Å². The standard InChI is InChI=1S/C32H42F3N2O7P/c1-22-16-24(18-26(17-22)32(33,34)35)23(2)41-20-31(25-10-8-7-9-11-25)15-14-30(13-12-27(38)36-30)19-37(31)28(39)42-21-43-45(6,40)44-29(3,4)5/h7-11,16-18,23H,12-15,19-21H2,1-6H3,(H,36,38)/t23-,30-,31-,45?/m1/s1. The Hall–Kier alpha value is -2.92. The maximum atomic E-state index is 13.9. The number of alkyl halides is 3. The maximum Gasteiger partial charge on any atom is 0.416 e. The SMILES string of the molecule is Cc1cc([C@@H](C)OC[C@@]2(c3ccccc3)CC[C@]3(CCC(=O)N3)CN2C(=O)OCOP(C)(=O)OC(C)(C)C)cc(C(F)(F)F)c1. The third-order valence-corrected chi connectivity index (χ3v) is 9.59. The Bertz CT molecular complexity index is 1430. The van der Waals surface area contributed by atoms with Gasteiger partial charge in [-0.05, 0) is 77.1 Å². The molecule has 0 saturated carbocycles. The van der Waals surface area contributed by atoms with Gasteiger partial charge in [0.1, 0.15) is 0 Å². The number of hydrogen-bond acceptors (Lipinski definition) is 7. The van der Waals surface area contributed by atoms with Crippen LogP contribution in [0.1, 0.15) is 81.7 Å². The van der Waals surface area contributed by atoms with E-state index in [9.17, 15) is 27.3 Å². The van der Waals surface area contributed by atoms with Gasteiger partial charge in [-0.15, -0.1) is 0 Å². The molecule has 2 amide bonds. The van der Waals surface area contributed by atoms with Gasteiger partial charge in [-0.2, -0.15) is 13.2 Å². The summed E-state index contributed by atoms with van der Waals surface area (Å²) >= 11 is 0. The van der Waals surface area contributed by atoms with E-state index in [0.29, 0.717) is 36.8 Å². The van der Waals surface area contributed by atoms with Crippen LogP contribution in [-0.2, 0) is 39.6 Å². The second-order valence-electron chi connectivity index (χ2n) is 13.0. The van der Waals surface area contributed by atoms with Gasteiger partial charge in [0.25, 0.3) is 0 Å². The van der Waals surface area contributed by atoms with Crippen molar-refractivity contribution in [3.8, 4) is 0 Å². The fraction of sp³-hybridized carbons (Fsp3) is 0.562. The van der Waals surface area contributed by atoms with Crippen molar-refractivity contribution in [2.24, 2.45) is 0 Å². The van der Waals surface area contributed by atoms with Gasteiger partial charge in [-0.1, -0.05) is 42.0 Å². The molecule has 0 aromatic heterocycles. The van der Waals surface area contributed by atoms with Crippen molar-refractivity contribution in [3.05, 3.63) is 70.8 Å². The zero-order valence-corrected chi connectivity index (χ0v) is 27.4. The van der Waals surface area contributed by atoms with E-state index < -0.39 is 55.0 Å². The first-order valence-electron chi connectivity index (χ1n) is 14.9. The Morgan fingerprint density at radius 3 is 2.38 bits per heavy atom. The molecule has 2 aromatic rings. The van der Waals surface area contributed by atoms with Crippen LogP contribution < -0.4 is 5.32 Å². The minimum Gasteiger partial charge on any atom is -0.422 e. The van der Waals surface area contributed by atoms with Crippen LogP contribution in [-0.4, -0.2) is 54.6 Å². The van der Waals surface area contributed by atoms with Crippen LogP contribution in [0.25, 0.3) is 0 Å². The van der Waals surface area contributed by atoms with E-state index in [1.807, 2.05) is 30.3 Å². The zero-order chi connectivity index (χ0) is 33.3. The van der Waals surface area contributed by atoms with Gasteiger partial charge < -0.3 is 19.3 Å². The van der Waals surface area contributed by atoms with Gasteiger partial charge in [0.15, 0.2) is 0 Å². The third kappa shape index (κ3) is 8.67. The number of carbonyl (C=O) groups is 2. The molecule has 1 unspecified atom stereocenters. The molecular formula is C32H42F3N2O7P. The highest BCUT2D eigenvalue weighted by Crippen LogP contribution is 2.48. The number of halogens is 3. The number of carbonyl (C=O) groups excluding carboxylic acids is 2. The molecule has 248 valence electrons. The van der Waals surface area contributed by atoms with E-state index in [4.69, 9.17) is 18.5 Å². The van der Waals surface area contributed by atoms with Gasteiger partial charge in [-0.3, -0.25) is 18.8 Å². The molecule has 1 N–H and O–H groups in total. The summed E-state index contributed by atoms with van der Waals surface area (Å²) in [6, 6.07) is 13.0. The van der Waals surface area contributed by atoms with Crippen LogP contribution in [0.15, 0.2) is 48.5 Å². The molecule has 4 rings (SSSR count). The highest BCUT2D eigenvalue weighted by Gasteiger charge is 2.54. The highest BCUT2D eigenvalue weighted by atomic mass is 31.2. The molecule has 2 aliphatic rings. The summed E-state index contributed by atoms with van der Waals surface area (Å²) in [5.41, 5.74) is -1.81. The normalized spacial score (nSPS) is 24.3. The lowest BCUT2D eigenvalue weighted by atomic mass is 9.74. The van der Waals surface area contributed by atoms with E-state index >= 15 is 0 Å². The number of nitrogens with one attached hydrogen (secondary N) is 1. The minimum absolute atomic E-state index is 0.0765. The molecule has 4 atom stereocenters. The number of piperidine rings is 1. The highest BCUT2D eigenvalue weighted by molar-refractivity contribution is 7.53. The quantitative estimate of drug-likeness (QED) is 0.221. The Morgan fingerprint density at radius 2 is 1.78 bits per heavy atom. The van der Waals surface area contributed by atoms with Crippen LogP contribution >= 0.6 is 7.60 Å². The van der Waals surface area contributed by atoms with Gasteiger partial charge in [0.2, 0.25) is 12.7 Å². The summed E-state index contributed by atoms with van der Waals surface area (Å²) in [6.45, 7) is 9.07. The molecule has 2 heterocycles. The molecule has 45 heavy (non-hydrogen) atoms. The second kappa shape index (κ2) is 13.1. The summed E-state index contributed by atoms with van der Waals surface area (Å²) in [5.74, 6) is -0.116. The van der Waals surface area contributed by atoms with Gasteiger partial charge in [0.05, 0.1) is 35.0 Å². The number of hydrogen-bond donors (Lipinski definition) is 1. The van der Waals surface area contributed by atoms with E-state index in [-0.39, 0.29) is 19.1 Å². The third-order valence-electron chi connectivity index (χ3n) is 8.14. The van der Waals surface area contributed by atoms with Crippen molar-refractivity contribution in [2.75, 3.05) is 26.6 Å². The zero-order valence-electron chi connectivity index (χ0n) is 26.5. The van der Waals surface area contributed by atoms with E-state index in [2.05, 4.69) is 5.32 Å². The monoisotopic (exact) mass is 654 g/mol. The lowest BCUT2D eigenvalue weighted by molar-refractivity contribution is -0.137. The molecule has 13 heteroatoms. The van der Waals surface area contributed by atoms with Crippen LogP contribution in [0.3, 0.4) is 0 Å². The first-order chi connectivity index (χ1) is 20.8. The van der Waals surface area contributed by atoms with Gasteiger partial charge in [-0.25, -0.2) is 4.79 Å². The van der Waals surface area contributed by atoms with E-state index in [1.165, 1.54) is 11.6 Å². The fourth-order valence-electron chi connectivity index (χ4n) is 6.06. The van der Waals surface area contributed by atoms with Crippen molar-refractivity contribution >= 4 is 19.6 Å². The molecule has 0 aliphatic carbocycles. The molecule has 2 saturated heterocycles. The summed E-state index contributed by atoms with van der Waals surface area (Å²) in [5, 5.41) is 3.04. The lowest BCUT2D eigenvalue weighted by Crippen LogP contribution is -2.65. The fourth-order valence-corrected chi connectivity index (χ4v) is 7.35. The maximum absolute atomic E-state index is 13.9. The van der Waals surface area contributed by atoms with Crippen LogP contribution in [0.5, 0.6) is 0 Å². The predicted molar refractivity (Wildman–Crippen MR) is 162 cm³/mol. The molecular weight excluding hydrogens is 612 g/mol. The largest absolute Gasteiger partial charge is 0.422 e. The number of nitrogens with zero attached hydrogens (tertiary/aromatic N) is 1. The molecule has 2 aliphatic heterocycles. The smallest absolute Gasteiger partial charge is 0.416 e. The van der Waals surface area contributed by atoms with Crippen molar-refractivity contribution in [1.29, 1.82) is 0 Å². The van der Waals surface area contributed by atoms with E-state index in [0.717, 1.165) is 17.7 Å². The van der Waals surface area contributed by atoms with Crippen LogP contribution in [0, 0.1) is 6.92 Å². The molecule has 0 radical (unpaired) electrons. The Balaban J connectivity index is 1.64. The number of ether oxygens (including phenoxy) is 2. The predicted octanol–water partition coefficient (Wildman–Crippen LogP) is 7.48. The summed E-state index contributed by atoms with van der Waals surface area (Å²) in [7, 11) is -3.57. The summed E-state index contributed by atoms with van der Waals surface area (Å²) < 4.78 is 76.2. The number of benzene rings is 2. The minimum atomic E-state index is -4.52. The number of likely N-dealkylation sites (tertiary alicyclic amines) is 1. The van der Waals surface area contributed by atoms with Crippen molar-refractivity contribution in [2.45, 2.75) is 89.3 Å². The Kier molecular flexibility index (Phi) is 10.1. The van der Waals surface area contributed by atoms with Crippen LogP contribution in [0.4, 0.5) is 18.0 Å². The number of rotatable bonds is 9. The average molecular weight is 655 g/mol. The summed E-state index contributed by atoms with van der Waals surface area (Å²) in [6.07, 6.45) is -4.34. The van der Waals surface area contributed by atoms with Gasteiger partial charge >= 0.3 is 19.9 Å². The Morgan fingerprint density at radius 1 is 1.09 bits per heavy atom. The molecule has 2 fully saturated rings. The second-order valence-corrected chi connectivity index (χ2v) is 15.0. The molecule has 0 bridgehead atoms. The van der Waals surface area contributed by atoms with Crippen molar-refractivity contribution < 1.29 is 45.8 Å². The number of amides is 2. The first-order valence-corrected chi connectivity index (χ1v) is 16.9. The van der Waals surface area contributed by atoms with E-state index in [1.54, 1.807) is 40.7 Å². The lowest BCUT2D eigenvalue weighted by Gasteiger charge is -2.52. The molecule has 1 spiro atoms.